The molecule has 0 bridgehead atoms. The van der Waals surface area contributed by atoms with Crippen molar-refractivity contribution in [1.82, 2.24) is 19.6 Å². The summed E-state index contributed by atoms with van der Waals surface area (Å²) in [6, 6.07) is -1.59. The number of aliphatic carboxylic acids is 3. The maximum atomic E-state index is 11.4. The Hall–Kier alpha value is -1.91. The van der Waals surface area contributed by atoms with Crippen LogP contribution in [-0.2, 0) is 14.4 Å². The SMILES string of the molecule is O=C(O)CN1CCN(CC(=O)O)CC(CO)N(CC(=O)O)CCN(C(CO)C(O)CO)CC1. The molecule has 1 heterocycles. The van der Waals surface area contributed by atoms with Crippen LogP contribution in [0.3, 0.4) is 0 Å². The lowest BCUT2D eigenvalue weighted by Crippen LogP contribution is -2.56. The Bertz CT molecular complexity index is 625. The van der Waals surface area contributed by atoms with Crippen molar-refractivity contribution in [1.29, 1.82) is 0 Å². The van der Waals surface area contributed by atoms with E-state index in [-0.39, 0.29) is 58.9 Å². The van der Waals surface area contributed by atoms with Crippen molar-refractivity contribution in [3.63, 3.8) is 0 Å². The van der Waals surface area contributed by atoms with E-state index >= 15 is 0 Å². The van der Waals surface area contributed by atoms with Gasteiger partial charge in [0, 0.05) is 51.9 Å². The number of carboxylic acid groups (broad SMARTS) is 3. The standard InChI is InChI=1S/C19H36N4O10/c24-11-14-7-21(9-18(30)31)2-1-20(8-17(28)29)3-4-22(15(12-25)16(27)13-26)5-6-23(14)10-19(32)33/h14-16,24-27H,1-13H2,(H,28,29)(H,30,31)(H,32,33). The molecule has 3 unspecified atom stereocenters. The van der Waals surface area contributed by atoms with Crippen LogP contribution in [0.15, 0.2) is 0 Å². The predicted octanol–water partition coefficient (Wildman–Crippen LogP) is -4.46. The molecule has 0 radical (unpaired) electrons. The number of nitrogens with zero attached hydrogens (tertiary/aromatic N) is 4. The van der Waals surface area contributed by atoms with Crippen LogP contribution < -0.4 is 0 Å². The molecule has 1 saturated heterocycles. The van der Waals surface area contributed by atoms with Gasteiger partial charge < -0.3 is 35.7 Å². The van der Waals surface area contributed by atoms with Crippen molar-refractivity contribution in [3.8, 4) is 0 Å². The number of hydrogen-bond acceptors (Lipinski definition) is 11. The fraction of sp³-hybridized carbons (Fsp3) is 0.842. The summed E-state index contributed by atoms with van der Waals surface area (Å²) in [6.07, 6.45) is -1.27. The van der Waals surface area contributed by atoms with Crippen LogP contribution in [0, 0.1) is 0 Å². The molecule has 0 aromatic carbocycles. The van der Waals surface area contributed by atoms with E-state index in [4.69, 9.17) is 0 Å². The molecule has 192 valence electrons. The van der Waals surface area contributed by atoms with E-state index in [0.717, 1.165) is 0 Å². The van der Waals surface area contributed by atoms with Crippen LogP contribution in [0.1, 0.15) is 0 Å². The second-order valence-electron chi connectivity index (χ2n) is 8.04. The highest BCUT2D eigenvalue weighted by atomic mass is 16.4. The predicted molar refractivity (Wildman–Crippen MR) is 114 cm³/mol. The Kier molecular flexibility index (Phi) is 13.3. The van der Waals surface area contributed by atoms with E-state index in [2.05, 4.69) is 0 Å². The lowest BCUT2D eigenvalue weighted by Gasteiger charge is -2.39. The molecule has 0 aromatic rings. The molecule has 1 aliphatic rings. The molecule has 14 nitrogen and oxygen atoms in total. The zero-order valence-corrected chi connectivity index (χ0v) is 18.6. The summed E-state index contributed by atoms with van der Waals surface area (Å²) >= 11 is 0. The third-order valence-corrected chi connectivity index (χ3v) is 5.65. The molecule has 0 amide bonds. The largest absolute Gasteiger partial charge is 0.480 e. The van der Waals surface area contributed by atoms with Crippen molar-refractivity contribution >= 4 is 17.9 Å². The second kappa shape index (κ2) is 15.1. The quantitative estimate of drug-likeness (QED) is 0.149. The van der Waals surface area contributed by atoms with Gasteiger partial charge in [0.2, 0.25) is 0 Å². The second-order valence-corrected chi connectivity index (χ2v) is 8.04. The third kappa shape index (κ3) is 10.7. The van der Waals surface area contributed by atoms with Gasteiger partial charge in [0.05, 0.1) is 51.6 Å². The Morgan fingerprint density at radius 1 is 0.727 bits per heavy atom. The van der Waals surface area contributed by atoms with Crippen LogP contribution in [0.25, 0.3) is 0 Å². The highest BCUT2D eigenvalue weighted by Crippen LogP contribution is 2.10. The first-order valence-electron chi connectivity index (χ1n) is 10.7. The number of aliphatic hydroxyl groups excluding tert-OH is 4. The van der Waals surface area contributed by atoms with Crippen molar-refractivity contribution in [2.24, 2.45) is 0 Å². The van der Waals surface area contributed by atoms with Gasteiger partial charge in [0.25, 0.3) is 0 Å². The first-order valence-corrected chi connectivity index (χ1v) is 10.7. The van der Waals surface area contributed by atoms with Gasteiger partial charge in [-0.05, 0) is 0 Å². The summed E-state index contributed by atoms with van der Waals surface area (Å²) in [5.74, 6) is -3.32. The number of carboxylic acids is 3. The molecule has 0 spiro atoms. The smallest absolute Gasteiger partial charge is 0.317 e. The van der Waals surface area contributed by atoms with E-state index in [1.165, 1.54) is 9.80 Å². The number of carbonyl (C=O) groups is 3. The van der Waals surface area contributed by atoms with Gasteiger partial charge >= 0.3 is 17.9 Å². The minimum Gasteiger partial charge on any atom is -0.480 e. The zero-order chi connectivity index (χ0) is 25.0. The van der Waals surface area contributed by atoms with Gasteiger partial charge in [-0.15, -0.1) is 0 Å². The minimum absolute atomic E-state index is 0.0414. The Labute approximate surface area is 191 Å². The maximum Gasteiger partial charge on any atom is 0.317 e. The Morgan fingerprint density at radius 2 is 1.24 bits per heavy atom. The van der Waals surface area contributed by atoms with E-state index in [0.29, 0.717) is 0 Å². The van der Waals surface area contributed by atoms with Gasteiger partial charge in [0.15, 0.2) is 0 Å². The van der Waals surface area contributed by atoms with Gasteiger partial charge in [0.1, 0.15) is 0 Å². The van der Waals surface area contributed by atoms with Gasteiger partial charge in [-0.3, -0.25) is 34.0 Å². The molecule has 14 heteroatoms. The monoisotopic (exact) mass is 480 g/mol. The summed E-state index contributed by atoms with van der Waals surface area (Å²) in [5.41, 5.74) is 0. The molecule has 0 aromatic heterocycles. The van der Waals surface area contributed by atoms with Gasteiger partial charge in [-0.25, -0.2) is 0 Å². The first kappa shape index (κ1) is 29.1. The Balaban J connectivity index is 3.23. The molecule has 0 aliphatic carbocycles. The summed E-state index contributed by atoms with van der Waals surface area (Å²) in [5, 5.41) is 67.0. The van der Waals surface area contributed by atoms with Crippen LogP contribution in [0.2, 0.25) is 0 Å². The third-order valence-electron chi connectivity index (χ3n) is 5.65. The summed E-state index contributed by atoms with van der Waals surface area (Å²) in [6.45, 7) is -1.58. The number of hydrogen-bond donors (Lipinski definition) is 7. The lowest BCUT2D eigenvalue weighted by atomic mass is 10.1. The maximum absolute atomic E-state index is 11.4. The van der Waals surface area contributed by atoms with E-state index in [9.17, 15) is 50.1 Å². The van der Waals surface area contributed by atoms with Crippen molar-refractivity contribution in [2.45, 2.75) is 18.2 Å². The molecule has 3 atom stereocenters. The van der Waals surface area contributed by atoms with E-state index < -0.39 is 62.5 Å². The van der Waals surface area contributed by atoms with Crippen molar-refractivity contribution < 1.29 is 50.1 Å². The first-order chi connectivity index (χ1) is 15.6. The van der Waals surface area contributed by atoms with Crippen molar-refractivity contribution in [2.75, 3.05) is 85.3 Å². The Morgan fingerprint density at radius 3 is 1.76 bits per heavy atom. The number of rotatable bonds is 11. The lowest BCUT2D eigenvalue weighted by molar-refractivity contribution is -0.141. The van der Waals surface area contributed by atoms with Gasteiger partial charge in [-0.1, -0.05) is 0 Å². The fourth-order valence-electron chi connectivity index (χ4n) is 3.89. The zero-order valence-electron chi connectivity index (χ0n) is 18.6. The van der Waals surface area contributed by atoms with Crippen molar-refractivity contribution in [3.05, 3.63) is 0 Å². The van der Waals surface area contributed by atoms with Crippen LogP contribution in [-0.4, -0.2) is 177 Å². The average molecular weight is 481 g/mol. The normalized spacial score (nSPS) is 22.7. The highest BCUT2D eigenvalue weighted by Gasteiger charge is 2.30. The number of aliphatic hydroxyl groups is 4. The van der Waals surface area contributed by atoms with Gasteiger partial charge in [-0.2, -0.15) is 0 Å². The molecular formula is C19H36N4O10. The van der Waals surface area contributed by atoms with Crippen LogP contribution >= 0.6 is 0 Å². The summed E-state index contributed by atoms with van der Waals surface area (Å²) < 4.78 is 0. The minimum atomic E-state index is -1.27. The molecule has 7 N–H and O–H groups in total. The van der Waals surface area contributed by atoms with E-state index in [1.54, 1.807) is 9.80 Å². The molecule has 1 rings (SSSR count). The molecular weight excluding hydrogens is 444 g/mol. The van der Waals surface area contributed by atoms with Crippen LogP contribution in [0.5, 0.6) is 0 Å². The summed E-state index contributed by atoms with van der Waals surface area (Å²) in [4.78, 5) is 40.3. The van der Waals surface area contributed by atoms with Crippen LogP contribution in [0.4, 0.5) is 0 Å². The molecule has 1 fully saturated rings. The average Bonchev–Trinajstić information content (AvgIpc) is 2.73. The topological polar surface area (TPSA) is 206 Å². The molecule has 0 saturated carbocycles. The molecule has 33 heavy (non-hydrogen) atoms. The fourth-order valence-corrected chi connectivity index (χ4v) is 3.89. The van der Waals surface area contributed by atoms with E-state index in [1.807, 2.05) is 0 Å². The highest BCUT2D eigenvalue weighted by molar-refractivity contribution is 5.70. The summed E-state index contributed by atoms with van der Waals surface area (Å²) in [7, 11) is 0. The molecule has 1 aliphatic heterocycles.